The number of para-hydroxylation sites is 1. The van der Waals surface area contributed by atoms with E-state index in [1.54, 1.807) is 0 Å². The highest BCUT2D eigenvalue weighted by Crippen LogP contribution is 2.44. The summed E-state index contributed by atoms with van der Waals surface area (Å²) < 4.78 is 17.6. The fourth-order valence-corrected chi connectivity index (χ4v) is 8.69. The van der Waals surface area contributed by atoms with E-state index >= 15 is 0 Å². The minimum atomic E-state index is -1.02. The number of benzene rings is 5. The molecule has 2 heterocycles. The van der Waals surface area contributed by atoms with E-state index in [2.05, 4.69) is 33.1 Å². The summed E-state index contributed by atoms with van der Waals surface area (Å²) in [5.41, 5.74) is 8.17. The van der Waals surface area contributed by atoms with Crippen molar-refractivity contribution in [1.29, 1.82) is 0 Å². The second-order valence-electron chi connectivity index (χ2n) is 16.7. The standard InChI is InChI=1S/C53H54N4O8/c58-31-39(27-35-23-25-41(26-24-35)63-32-36-13-3-1-4-14-36)55-50(59)29-37-15-5-2-6-22-49(52(61)64-33-40(56-51(37)60)28-38-30-54-48-21-12-11-16-42(38)48)57-53(62)65-34-47-45-19-9-7-17-43(45)44-18-8-10-20-46(44)47/h1-5,7-14,16-21,23-26,30,37,39-40,47,49,54,58H,6,15,22,27-29,31-34H2,(H,55,59)(H,56,60)(H,57,62). The van der Waals surface area contributed by atoms with E-state index in [0.717, 1.165) is 49.8 Å². The molecule has 6 aromatic rings. The van der Waals surface area contributed by atoms with Crippen molar-refractivity contribution >= 4 is 34.8 Å². The van der Waals surface area contributed by atoms with Crippen LogP contribution in [0, 0.1) is 5.92 Å². The molecule has 4 atom stereocenters. The summed E-state index contributed by atoms with van der Waals surface area (Å²) in [5.74, 6) is -1.60. The van der Waals surface area contributed by atoms with Crippen LogP contribution in [-0.4, -0.2) is 71.9 Å². The Kier molecular flexibility index (Phi) is 14.7. The van der Waals surface area contributed by atoms with E-state index in [1.165, 1.54) is 0 Å². The molecule has 12 nitrogen and oxygen atoms in total. The van der Waals surface area contributed by atoms with Crippen LogP contribution in [0.3, 0.4) is 0 Å². The highest BCUT2D eigenvalue weighted by Gasteiger charge is 2.31. The Labute approximate surface area is 378 Å². The molecule has 0 radical (unpaired) electrons. The zero-order chi connectivity index (χ0) is 45.0. The molecule has 0 saturated heterocycles. The number of hydrogen-bond acceptors (Lipinski definition) is 8. The Bertz CT molecular complexity index is 2560. The molecule has 1 aliphatic heterocycles. The minimum absolute atomic E-state index is 0.0897. The number of amides is 3. The van der Waals surface area contributed by atoms with Crippen molar-refractivity contribution in [2.45, 2.75) is 69.2 Å². The molecule has 334 valence electrons. The zero-order valence-corrected chi connectivity index (χ0v) is 36.1. The Morgan fingerprint density at radius 3 is 2.28 bits per heavy atom. The highest BCUT2D eigenvalue weighted by atomic mass is 16.6. The van der Waals surface area contributed by atoms with Gasteiger partial charge in [0.2, 0.25) is 11.8 Å². The number of aliphatic hydroxyl groups excluding tert-OH is 1. The fourth-order valence-electron chi connectivity index (χ4n) is 8.69. The zero-order valence-electron chi connectivity index (χ0n) is 36.1. The van der Waals surface area contributed by atoms with Gasteiger partial charge in [0.05, 0.1) is 24.6 Å². The number of cyclic esters (lactones) is 1. The average molecular weight is 875 g/mol. The lowest BCUT2D eigenvalue weighted by Gasteiger charge is -2.24. The lowest BCUT2D eigenvalue weighted by atomic mass is 9.97. The van der Waals surface area contributed by atoms with Gasteiger partial charge in [-0.25, -0.2) is 9.59 Å². The lowest BCUT2D eigenvalue weighted by Crippen LogP contribution is -2.47. The van der Waals surface area contributed by atoms with E-state index in [1.807, 2.05) is 134 Å². The van der Waals surface area contributed by atoms with Crippen molar-refractivity contribution < 1.29 is 38.5 Å². The maximum absolute atomic E-state index is 14.1. The maximum atomic E-state index is 14.1. The summed E-state index contributed by atoms with van der Waals surface area (Å²) in [6, 6.07) is 39.1. The molecule has 0 saturated carbocycles. The number of carbonyl (C=O) groups is 4. The van der Waals surface area contributed by atoms with Gasteiger partial charge in [0.25, 0.3) is 0 Å². The van der Waals surface area contributed by atoms with Crippen LogP contribution in [-0.2, 0) is 43.3 Å². The van der Waals surface area contributed by atoms with Crippen LogP contribution >= 0.6 is 0 Å². The number of nitrogens with one attached hydrogen (secondary N) is 4. The Hall–Kier alpha value is -7.18. The van der Waals surface area contributed by atoms with Crippen molar-refractivity contribution in [3.8, 4) is 16.9 Å². The number of alkyl carbamates (subject to hydrolysis) is 1. The van der Waals surface area contributed by atoms with Crippen LogP contribution in [0.15, 0.2) is 146 Å². The van der Waals surface area contributed by atoms with Crippen molar-refractivity contribution in [3.63, 3.8) is 0 Å². The topological polar surface area (TPSA) is 168 Å². The normalized spacial score (nSPS) is 18.1. The van der Waals surface area contributed by atoms with Gasteiger partial charge in [0.1, 0.15) is 31.6 Å². The van der Waals surface area contributed by atoms with E-state index in [0.29, 0.717) is 31.6 Å². The SMILES string of the molecule is O=C(CC1CC=CCCC(NC(=O)OCC2c3ccccc3-c3ccccc32)C(=O)OCC(Cc2c[nH]c3ccccc23)NC1=O)NC(CO)Cc1ccc(OCc2ccccc2)cc1. The van der Waals surface area contributed by atoms with Gasteiger partial charge in [-0.2, -0.15) is 0 Å². The second-order valence-corrected chi connectivity index (χ2v) is 16.7. The Morgan fingerprint density at radius 2 is 1.52 bits per heavy atom. The number of aliphatic hydroxyl groups is 1. The highest BCUT2D eigenvalue weighted by molar-refractivity contribution is 5.87. The van der Waals surface area contributed by atoms with E-state index in [-0.39, 0.29) is 56.8 Å². The largest absolute Gasteiger partial charge is 0.489 e. The predicted octanol–water partition coefficient (Wildman–Crippen LogP) is 7.69. The quantitative estimate of drug-likeness (QED) is 0.0549. The van der Waals surface area contributed by atoms with Crippen LogP contribution in [0.25, 0.3) is 22.0 Å². The molecule has 5 aromatic carbocycles. The summed E-state index contributed by atoms with van der Waals surface area (Å²) in [5, 5.41) is 20.0. The molecular weight excluding hydrogens is 821 g/mol. The van der Waals surface area contributed by atoms with Gasteiger partial charge in [-0.05, 0) is 89.2 Å². The average Bonchev–Trinajstić information content (AvgIpc) is 3.89. The summed E-state index contributed by atoms with van der Waals surface area (Å²) in [6.07, 6.45) is 6.21. The first-order valence-electron chi connectivity index (χ1n) is 22.3. The summed E-state index contributed by atoms with van der Waals surface area (Å²) >= 11 is 0. The number of rotatable bonds is 14. The van der Waals surface area contributed by atoms with Gasteiger partial charge < -0.3 is 40.3 Å². The third kappa shape index (κ3) is 11.5. The lowest BCUT2D eigenvalue weighted by molar-refractivity contribution is -0.147. The number of esters is 1. The Balaban J connectivity index is 0.915. The number of aromatic nitrogens is 1. The fraction of sp³-hybridized carbons (Fsp3) is 0.283. The van der Waals surface area contributed by atoms with Gasteiger partial charge >= 0.3 is 12.1 Å². The van der Waals surface area contributed by atoms with E-state index in [4.69, 9.17) is 14.2 Å². The van der Waals surface area contributed by atoms with Crippen LogP contribution < -0.4 is 20.7 Å². The van der Waals surface area contributed by atoms with Crippen LogP contribution in [0.4, 0.5) is 4.79 Å². The second kappa shape index (κ2) is 21.5. The van der Waals surface area contributed by atoms with Crippen LogP contribution in [0.2, 0.25) is 0 Å². The molecule has 5 N–H and O–H groups in total. The summed E-state index contributed by atoms with van der Waals surface area (Å²) in [4.78, 5) is 58.0. The maximum Gasteiger partial charge on any atom is 0.407 e. The summed E-state index contributed by atoms with van der Waals surface area (Å²) in [7, 11) is 0. The number of carbonyl (C=O) groups excluding carboxylic acids is 4. The molecule has 0 fully saturated rings. The Morgan fingerprint density at radius 1 is 0.815 bits per heavy atom. The number of hydrogen-bond donors (Lipinski definition) is 5. The first-order chi connectivity index (χ1) is 31.8. The van der Waals surface area contributed by atoms with Crippen molar-refractivity contribution in [3.05, 3.63) is 174 Å². The van der Waals surface area contributed by atoms with Gasteiger partial charge in [-0.15, -0.1) is 0 Å². The molecule has 1 aromatic heterocycles. The van der Waals surface area contributed by atoms with Gasteiger partial charge in [-0.3, -0.25) is 9.59 Å². The third-order valence-corrected chi connectivity index (χ3v) is 12.1. The van der Waals surface area contributed by atoms with Crippen molar-refractivity contribution in [2.24, 2.45) is 5.92 Å². The van der Waals surface area contributed by atoms with Crippen LogP contribution in [0.1, 0.15) is 59.4 Å². The van der Waals surface area contributed by atoms with Gasteiger partial charge in [0, 0.05) is 29.4 Å². The molecule has 3 amide bonds. The number of allylic oxidation sites excluding steroid dienone is 2. The first-order valence-corrected chi connectivity index (χ1v) is 22.3. The number of aromatic amines is 1. The molecule has 2 aliphatic rings. The number of fused-ring (bicyclic) bond motifs is 4. The third-order valence-electron chi connectivity index (χ3n) is 12.1. The molecule has 8 rings (SSSR count). The number of H-pyrrole nitrogens is 1. The molecule has 0 bridgehead atoms. The molecular formula is C53H54N4O8. The smallest absolute Gasteiger partial charge is 0.407 e. The van der Waals surface area contributed by atoms with Crippen molar-refractivity contribution in [2.75, 3.05) is 19.8 Å². The molecule has 0 spiro atoms. The minimum Gasteiger partial charge on any atom is -0.489 e. The van der Waals surface area contributed by atoms with Crippen molar-refractivity contribution in [1.82, 2.24) is 20.9 Å². The molecule has 12 heteroatoms. The van der Waals surface area contributed by atoms with Gasteiger partial charge in [0.15, 0.2) is 0 Å². The van der Waals surface area contributed by atoms with Crippen LogP contribution in [0.5, 0.6) is 5.75 Å². The number of ether oxygens (including phenoxy) is 3. The van der Waals surface area contributed by atoms with Gasteiger partial charge in [-0.1, -0.05) is 121 Å². The van der Waals surface area contributed by atoms with E-state index < -0.39 is 36.1 Å². The molecule has 65 heavy (non-hydrogen) atoms. The monoisotopic (exact) mass is 874 g/mol. The molecule has 4 unspecified atom stereocenters. The predicted molar refractivity (Wildman–Crippen MR) is 248 cm³/mol. The molecule has 1 aliphatic carbocycles. The summed E-state index contributed by atoms with van der Waals surface area (Å²) in [6.45, 7) is 0.0577. The van der Waals surface area contributed by atoms with E-state index in [9.17, 15) is 24.3 Å². The first kappa shape index (κ1) is 44.4.